The quantitative estimate of drug-likeness (QED) is 0.0294. The zero-order chi connectivity index (χ0) is 49.3. The molecule has 5 atom stereocenters. The SMILES string of the molecule is COc1ccc(C(OC[C@H]2O[C@@H](n3cnc4c(/C=C/c5ccccc5)ncnc43)[C@H](O[Si](C)(C)C(C)(C)C)[C@@H]2OP(OCCC#N)N(C(C)C)C(C)C)(c2ccccc2)c2ccc(OC)cc2)cc1. The molecule has 69 heavy (non-hydrogen) atoms. The molecule has 364 valence electrons. The van der Waals surface area contributed by atoms with Gasteiger partial charge in [0.2, 0.25) is 0 Å². The number of hydrogen-bond acceptors (Lipinski definition) is 12. The van der Waals surface area contributed by atoms with Crippen LogP contribution in [0.1, 0.15) is 89.1 Å². The van der Waals surface area contributed by atoms with Crippen molar-refractivity contribution in [3.63, 3.8) is 0 Å². The smallest absolute Gasteiger partial charge is 0.259 e. The molecule has 0 spiro atoms. The average Bonchev–Trinajstić information content (AvgIpc) is 3.92. The lowest BCUT2D eigenvalue weighted by atomic mass is 9.80. The molecule has 0 amide bonds. The number of aromatic nitrogens is 4. The lowest BCUT2D eigenvalue weighted by molar-refractivity contribution is -0.0926. The van der Waals surface area contributed by atoms with E-state index in [4.69, 9.17) is 42.4 Å². The van der Waals surface area contributed by atoms with E-state index in [1.54, 1.807) is 26.9 Å². The molecule has 6 aromatic rings. The molecule has 1 aliphatic heterocycles. The number of methoxy groups -OCH3 is 2. The molecule has 2 aromatic heterocycles. The Morgan fingerprint density at radius 2 is 1.36 bits per heavy atom. The van der Waals surface area contributed by atoms with Crippen LogP contribution in [0.15, 0.2) is 122 Å². The Hall–Kier alpha value is -5.33. The van der Waals surface area contributed by atoms with Gasteiger partial charge in [-0.25, -0.2) is 19.6 Å². The van der Waals surface area contributed by atoms with Crippen LogP contribution in [0.5, 0.6) is 11.5 Å². The third-order valence-corrected chi connectivity index (χ3v) is 19.5. The van der Waals surface area contributed by atoms with Crippen molar-refractivity contribution in [1.29, 1.82) is 5.26 Å². The molecule has 3 heterocycles. The van der Waals surface area contributed by atoms with Crippen molar-refractivity contribution in [2.24, 2.45) is 0 Å². The van der Waals surface area contributed by atoms with Crippen LogP contribution in [-0.2, 0) is 28.5 Å². The number of nitriles is 1. The summed E-state index contributed by atoms with van der Waals surface area (Å²) in [7, 11) is -1.07. The van der Waals surface area contributed by atoms with E-state index in [9.17, 15) is 5.26 Å². The zero-order valence-electron chi connectivity index (χ0n) is 41.8. The van der Waals surface area contributed by atoms with Crippen LogP contribution in [0.3, 0.4) is 0 Å². The predicted octanol–water partition coefficient (Wildman–Crippen LogP) is 12.0. The van der Waals surface area contributed by atoms with Gasteiger partial charge in [0.15, 0.2) is 20.2 Å². The molecule has 0 radical (unpaired) electrons. The van der Waals surface area contributed by atoms with Crippen LogP contribution < -0.4 is 9.47 Å². The minimum absolute atomic E-state index is 0.0401. The first-order valence-corrected chi connectivity index (χ1v) is 27.6. The first-order chi connectivity index (χ1) is 33.1. The second-order valence-corrected chi connectivity index (χ2v) is 25.3. The molecular formula is C54H67N6O7PSi. The van der Waals surface area contributed by atoms with E-state index in [0.717, 1.165) is 33.8 Å². The molecule has 0 aliphatic carbocycles. The average molecular weight is 971 g/mol. The molecule has 0 N–H and O–H groups in total. The van der Waals surface area contributed by atoms with Crippen molar-refractivity contribution < 1.29 is 32.4 Å². The Kier molecular flexibility index (Phi) is 16.9. The summed E-state index contributed by atoms with van der Waals surface area (Å²) in [5.41, 5.74) is 4.40. The number of benzene rings is 4. The van der Waals surface area contributed by atoms with Gasteiger partial charge in [-0.2, -0.15) is 5.26 Å². The molecule has 13 nitrogen and oxygen atoms in total. The molecular weight excluding hydrogens is 904 g/mol. The van der Waals surface area contributed by atoms with Crippen molar-refractivity contribution >= 4 is 40.2 Å². The van der Waals surface area contributed by atoms with Gasteiger partial charge in [-0.05, 0) is 98.4 Å². The summed E-state index contributed by atoms with van der Waals surface area (Å²) < 4.78 is 52.1. The van der Waals surface area contributed by atoms with E-state index in [2.05, 4.69) is 89.4 Å². The van der Waals surface area contributed by atoms with E-state index in [1.165, 1.54) is 0 Å². The molecule has 0 saturated carbocycles. The number of ether oxygens (including phenoxy) is 4. The van der Waals surface area contributed by atoms with Gasteiger partial charge in [0.1, 0.15) is 47.3 Å². The van der Waals surface area contributed by atoms with Crippen molar-refractivity contribution in [2.45, 2.75) is 115 Å². The first-order valence-electron chi connectivity index (χ1n) is 23.6. The fourth-order valence-corrected chi connectivity index (χ4v) is 11.5. The lowest BCUT2D eigenvalue weighted by Gasteiger charge is -2.42. The Bertz CT molecular complexity index is 2580. The van der Waals surface area contributed by atoms with Gasteiger partial charge in [-0.15, -0.1) is 0 Å². The molecule has 1 fully saturated rings. The van der Waals surface area contributed by atoms with Gasteiger partial charge in [0, 0.05) is 12.1 Å². The maximum Gasteiger partial charge on any atom is 0.259 e. The van der Waals surface area contributed by atoms with Crippen LogP contribution in [0.4, 0.5) is 0 Å². The van der Waals surface area contributed by atoms with E-state index >= 15 is 0 Å². The fourth-order valence-electron chi connectivity index (χ4n) is 8.43. The molecule has 1 saturated heterocycles. The highest BCUT2D eigenvalue weighted by atomic mass is 31.2. The largest absolute Gasteiger partial charge is 0.497 e. The van der Waals surface area contributed by atoms with Gasteiger partial charge in [-0.1, -0.05) is 112 Å². The summed E-state index contributed by atoms with van der Waals surface area (Å²) in [5.74, 6) is 1.44. The maximum atomic E-state index is 9.67. The highest BCUT2D eigenvalue weighted by Gasteiger charge is 2.54. The van der Waals surface area contributed by atoms with Gasteiger partial charge in [0.05, 0.1) is 51.9 Å². The van der Waals surface area contributed by atoms with Gasteiger partial charge >= 0.3 is 0 Å². The molecule has 1 unspecified atom stereocenters. The summed E-state index contributed by atoms with van der Waals surface area (Å²) in [5, 5.41) is 9.48. The van der Waals surface area contributed by atoms with Crippen molar-refractivity contribution in [1.82, 2.24) is 24.2 Å². The molecule has 15 heteroatoms. The maximum absolute atomic E-state index is 9.67. The molecule has 7 rings (SSSR count). The first kappa shape index (κ1) is 51.5. The van der Waals surface area contributed by atoms with Crippen LogP contribution in [-0.4, -0.2) is 90.3 Å². The van der Waals surface area contributed by atoms with E-state index in [1.807, 2.05) is 114 Å². The number of nitrogens with zero attached hydrogens (tertiary/aromatic N) is 6. The minimum atomic E-state index is -2.61. The summed E-state index contributed by atoms with van der Waals surface area (Å²) in [6.07, 6.45) is 4.52. The van der Waals surface area contributed by atoms with Crippen LogP contribution in [0.2, 0.25) is 18.1 Å². The van der Waals surface area contributed by atoms with E-state index in [0.29, 0.717) is 16.9 Å². The second-order valence-electron chi connectivity index (χ2n) is 19.2. The third kappa shape index (κ3) is 11.5. The Balaban J connectivity index is 1.41. The summed E-state index contributed by atoms with van der Waals surface area (Å²) in [6.45, 7) is 19.9. The highest BCUT2D eigenvalue weighted by Crippen LogP contribution is 2.53. The zero-order valence-corrected chi connectivity index (χ0v) is 43.7. The normalized spacial score (nSPS) is 18.4. The standard InChI is InChI=1S/C54H67N6O7PSi/c1-38(2)60(39(3)4)68(64-34-18-33-55)66-49-47(35-63-54(41-21-16-13-17-22-41,42-24-28-44(61-8)29-25-42)43-26-30-45(62-9)31-27-43)65-52(50(49)67-69(10,11)53(5,6)7)59-37-58-48-46(56-36-57-51(48)59)32-23-40-19-14-12-15-20-40/h12-17,19-32,36-39,47,49-50,52H,18,34-35H2,1-11H3/b32-23+/t47-,49-,50-,52-,68?/m1/s1. The van der Waals surface area contributed by atoms with Crippen LogP contribution in [0, 0.1) is 11.3 Å². The minimum Gasteiger partial charge on any atom is -0.497 e. The third-order valence-electron chi connectivity index (χ3n) is 12.9. The van der Waals surface area contributed by atoms with Gasteiger partial charge < -0.3 is 32.4 Å². The Labute approximate surface area is 410 Å². The molecule has 4 aromatic carbocycles. The van der Waals surface area contributed by atoms with E-state index < -0.39 is 47.0 Å². The second kappa shape index (κ2) is 22.6. The fraction of sp³-hybridized carbons (Fsp3) is 0.407. The van der Waals surface area contributed by atoms with Crippen molar-refractivity contribution in [3.05, 3.63) is 150 Å². The van der Waals surface area contributed by atoms with Crippen LogP contribution >= 0.6 is 8.53 Å². The summed E-state index contributed by atoms with van der Waals surface area (Å²) >= 11 is 0. The number of rotatable bonds is 21. The van der Waals surface area contributed by atoms with Crippen LogP contribution in [0.25, 0.3) is 23.3 Å². The van der Waals surface area contributed by atoms with Crippen molar-refractivity contribution in [2.75, 3.05) is 27.4 Å². The Morgan fingerprint density at radius 3 is 1.91 bits per heavy atom. The monoisotopic (exact) mass is 970 g/mol. The summed E-state index contributed by atoms with van der Waals surface area (Å²) in [4.78, 5) is 14.4. The molecule has 1 aliphatic rings. The number of hydrogen-bond donors (Lipinski definition) is 0. The number of imidazole rings is 1. The number of fused-ring (bicyclic) bond motifs is 1. The Morgan fingerprint density at radius 1 is 0.783 bits per heavy atom. The topological polar surface area (TPSA) is 135 Å². The molecule has 0 bridgehead atoms. The summed E-state index contributed by atoms with van der Waals surface area (Å²) in [6, 6.07) is 38.6. The van der Waals surface area contributed by atoms with Gasteiger partial charge in [-0.3, -0.25) is 4.57 Å². The highest BCUT2D eigenvalue weighted by molar-refractivity contribution is 7.44. The predicted molar refractivity (Wildman–Crippen MR) is 275 cm³/mol. The van der Waals surface area contributed by atoms with E-state index in [-0.39, 0.29) is 36.8 Å². The van der Waals surface area contributed by atoms with Gasteiger partial charge in [0.25, 0.3) is 8.53 Å². The lowest BCUT2D eigenvalue weighted by Crippen LogP contribution is -2.50. The van der Waals surface area contributed by atoms with Crippen molar-refractivity contribution in [3.8, 4) is 17.6 Å².